The fourth-order valence-electron chi connectivity index (χ4n) is 2.86. The SMILES string of the molecule is CCC(c1nc(C2CC2)c(C(=O)O)s1)N1CCNCC1. The summed E-state index contributed by atoms with van der Waals surface area (Å²) < 4.78 is 0. The van der Waals surface area contributed by atoms with Crippen LogP contribution in [0, 0.1) is 0 Å². The van der Waals surface area contributed by atoms with Gasteiger partial charge in [0, 0.05) is 32.1 Å². The smallest absolute Gasteiger partial charge is 0.347 e. The van der Waals surface area contributed by atoms with Crippen LogP contribution in [0.2, 0.25) is 0 Å². The number of nitrogens with one attached hydrogen (secondary N) is 1. The van der Waals surface area contributed by atoms with Gasteiger partial charge in [0.05, 0.1) is 11.7 Å². The van der Waals surface area contributed by atoms with E-state index in [4.69, 9.17) is 4.98 Å². The van der Waals surface area contributed by atoms with Gasteiger partial charge in [-0.05, 0) is 19.3 Å². The zero-order valence-corrected chi connectivity index (χ0v) is 12.6. The summed E-state index contributed by atoms with van der Waals surface area (Å²) in [6.45, 7) is 6.19. The minimum absolute atomic E-state index is 0.271. The molecule has 2 aliphatic rings. The summed E-state index contributed by atoms with van der Waals surface area (Å²) in [4.78, 5) is 19.0. The van der Waals surface area contributed by atoms with Gasteiger partial charge in [-0.25, -0.2) is 9.78 Å². The highest BCUT2D eigenvalue weighted by Crippen LogP contribution is 2.44. The van der Waals surface area contributed by atoms with Crippen LogP contribution in [0.15, 0.2) is 0 Å². The van der Waals surface area contributed by atoms with Crippen molar-refractivity contribution in [3.8, 4) is 0 Å². The molecule has 2 heterocycles. The van der Waals surface area contributed by atoms with Gasteiger partial charge in [-0.3, -0.25) is 4.90 Å². The summed E-state index contributed by atoms with van der Waals surface area (Å²) in [7, 11) is 0. The minimum atomic E-state index is -0.814. The van der Waals surface area contributed by atoms with Crippen LogP contribution >= 0.6 is 11.3 Å². The second-order valence-electron chi connectivity index (χ2n) is 5.56. The van der Waals surface area contributed by atoms with Crippen LogP contribution in [0.4, 0.5) is 0 Å². The van der Waals surface area contributed by atoms with Crippen LogP contribution in [0.5, 0.6) is 0 Å². The minimum Gasteiger partial charge on any atom is -0.477 e. The third kappa shape index (κ3) is 2.73. The molecule has 3 rings (SSSR count). The molecular weight excluding hydrogens is 274 g/mol. The Morgan fingerprint density at radius 1 is 1.50 bits per heavy atom. The highest BCUT2D eigenvalue weighted by atomic mass is 32.1. The molecule has 1 aliphatic heterocycles. The predicted octanol–water partition coefficient (Wildman–Crippen LogP) is 2.08. The van der Waals surface area contributed by atoms with Crippen LogP contribution in [0.1, 0.15) is 58.5 Å². The first-order valence-electron chi connectivity index (χ1n) is 7.39. The number of carbonyl (C=O) groups is 1. The highest BCUT2D eigenvalue weighted by Gasteiger charge is 2.34. The van der Waals surface area contributed by atoms with Crippen molar-refractivity contribution in [2.24, 2.45) is 0 Å². The average Bonchev–Trinajstić information content (AvgIpc) is 3.21. The third-order valence-electron chi connectivity index (χ3n) is 4.09. The van der Waals surface area contributed by atoms with Crippen molar-refractivity contribution in [2.45, 2.75) is 38.1 Å². The molecule has 2 N–H and O–H groups in total. The highest BCUT2D eigenvalue weighted by molar-refractivity contribution is 7.13. The molecule has 1 aliphatic carbocycles. The van der Waals surface area contributed by atoms with Gasteiger partial charge in [-0.15, -0.1) is 11.3 Å². The van der Waals surface area contributed by atoms with Crippen LogP contribution in [-0.4, -0.2) is 47.1 Å². The zero-order chi connectivity index (χ0) is 14.1. The molecular formula is C14H21N3O2S. The number of nitrogens with zero attached hydrogens (tertiary/aromatic N) is 2. The Morgan fingerprint density at radius 3 is 2.75 bits per heavy atom. The lowest BCUT2D eigenvalue weighted by Crippen LogP contribution is -2.45. The number of thiazole rings is 1. The van der Waals surface area contributed by atoms with Crippen molar-refractivity contribution >= 4 is 17.3 Å². The fourth-order valence-corrected chi connectivity index (χ4v) is 4.07. The first kappa shape index (κ1) is 14.0. The summed E-state index contributed by atoms with van der Waals surface area (Å²) in [5.41, 5.74) is 0.839. The number of hydrogen-bond donors (Lipinski definition) is 2. The molecule has 20 heavy (non-hydrogen) atoms. The number of piperazine rings is 1. The van der Waals surface area contributed by atoms with E-state index in [1.807, 2.05) is 0 Å². The first-order chi connectivity index (χ1) is 9.70. The maximum atomic E-state index is 11.4. The first-order valence-corrected chi connectivity index (χ1v) is 8.21. The van der Waals surface area contributed by atoms with Crippen LogP contribution in [0.3, 0.4) is 0 Å². The summed E-state index contributed by atoms with van der Waals surface area (Å²) in [6.07, 6.45) is 3.17. The van der Waals surface area contributed by atoms with E-state index in [9.17, 15) is 9.90 Å². The molecule has 0 radical (unpaired) electrons. The molecule has 0 spiro atoms. The summed E-state index contributed by atoms with van der Waals surface area (Å²) in [6, 6.07) is 0.271. The van der Waals surface area contributed by atoms with Crippen molar-refractivity contribution in [1.29, 1.82) is 0 Å². The predicted molar refractivity (Wildman–Crippen MR) is 78.5 cm³/mol. The standard InChI is InChI=1S/C14H21N3O2S/c1-2-10(17-7-5-15-6-8-17)13-16-11(9-3-4-9)12(20-13)14(18)19/h9-10,15H,2-8H2,1H3,(H,18,19). The van der Waals surface area contributed by atoms with E-state index in [0.29, 0.717) is 10.8 Å². The Kier molecular flexibility index (Phi) is 4.05. The molecule has 1 saturated carbocycles. The molecule has 5 nitrogen and oxygen atoms in total. The van der Waals surface area contributed by atoms with Crippen molar-refractivity contribution in [2.75, 3.05) is 26.2 Å². The maximum absolute atomic E-state index is 11.4. The Bertz CT molecular complexity index is 493. The Morgan fingerprint density at radius 2 is 2.20 bits per heavy atom. The quantitative estimate of drug-likeness (QED) is 0.870. The molecule has 6 heteroatoms. The number of aromatic carboxylic acids is 1. The van der Waals surface area contributed by atoms with E-state index in [1.54, 1.807) is 0 Å². The average molecular weight is 295 g/mol. The largest absolute Gasteiger partial charge is 0.477 e. The molecule has 0 aromatic carbocycles. The Labute approximate surface area is 123 Å². The maximum Gasteiger partial charge on any atom is 0.347 e. The van der Waals surface area contributed by atoms with Crippen LogP contribution < -0.4 is 5.32 Å². The monoisotopic (exact) mass is 295 g/mol. The second kappa shape index (κ2) is 5.79. The lowest BCUT2D eigenvalue weighted by Gasteiger charge is -2.33. The van der Waals surface area contributed by atoms with E-state index in [0.717, 1.165) is 56.1 Å². The molecule has 1 aromatic heterocycles. The zero-order valence-electron chi connectivity index (χ0n) is 11.8. The number of hydrogen-bond acceptors (Lipinski definition) is 5. The van der Waals surface area contributed by atoms with E-state index in [2.05, 4.69) is 17.1 Å². The number of rotatable bonds is 5. The number of carboxylic acids is 1. The van der Waals surface area contributed by atoms with Crippen molar-refractivity contribution in [3.63, 3.8) is 0 Å². The number of carboxylic acid groups (broad SMARTS) is 1. The molecule has 1 unspecified atom stereocenters. The van der Waals surface area contributed by atoms with Crippen LogP contribution in [-0.2, 0) is 0 Å². The molecule has 2 fully saturated rings. The van der Waals surface area contributed by atoms with E-state index < -0.39 is 5.97 Å². The molecule has 1 saturated heterocycles. The van der Waals surface area contributed by atoms with E-state index in [-0.39, 0.29) is 6.04 Å². The van der Waals surface area contributed by atoms with Gasteiger partial charge in [0.2, 0.25) is 0 Å². The van der Waals surface area contributed by atoms with Crippen LogP contribution in [0.25, 0.3) is 0 Å². The van der Waals surface area contributed by atoms with Gasteiger partial charge < -0.3 is 10.4 Å². The molecule has 1 atom stereocenters. The molecule has 110 valence electrons. The second-order valence-corrected chi connectivity index (χ2v) is 6.59. The van der Waals surface area contributed by atoms with Crippen molar-refractivity contribution in [1.82, 2.24) is 15.2 Å². The Hall–Kier alpha value is -0.980. The van der Waals surface area contributed by atoms with Gasteiger partial charge in [0.1, 0.15) is 9.88 Å². The molecule has 1 aromatic rings. The lowest BCUT2D eigenvalue weighted by molar-refractivity contribution is 0.0700. The number of aromatic nitrogens is 1. The van der Waals surface area contributed by atoms with Gasteiger partial charge in [-0.1, -0.05) is 6.92 Å². The summed E-state index contributed by atoms with van der Waals surface area (Å²) in [5, 5.41) is 13.7. The topological polar surface area (TPSA) is 65.5 Å². The van der Waals surface area contributed by atoms with E-state index >= 15 is 0 Å². The van der Waals surface area contributed by atoms with E-state index in [1.165, 1.54) is 11.3 Å². The third-order valence-corrected chi connectivity index (χ3v) is 5.25. The van der Waals surface area contributed by atoms with Gasteiger partial charge in [-0.2, -0.15) is 0 Å². The van der Waals surface area contributed by atoms with Crippen molar-refractivity contribution in [3.05, 3.63) is 15.6 Å². The van der Waals surface area contributed by atoms with Crippen molar-refractivity contribution < 1.29 is 9.90 Å². The Balaban J connectivity index is 1.87. The lowest BCUT2D eigenvalue weighted by atomic mass is 10.1. The summed E-state index contributed by atoms with van der Waals surface area (Å²) in [5.74, 6) is -0.419. The normalized spacial score (nSPS) is 21.9. The fraction of sp³-hybridized carbons (Fsp3) is 0.714. The molecule has 0 amide bonds. The summed E-state index contributed by atoms with van der Waals surface area (Å²) >= 11 is 1.39. The molecule has 0 bridgehead atoms. The van der Waals surface area contributed by atoms with Gasteiger partial charge >= 0.3 is 5.97 Å². The van der Waals surface area contributed by atoms with Gasteiger partial charge in [0.15, 0.2) is 0 Å². The van der Waals surface area contributed by atoms with Gasteiger partial charge in [0.25, 0.3) is 0 Å².